The molecule has 3 rings (SSSR count). The van der Waals surface area contributed by atoms with Crippen molar-refractivity contribution in [3.8, 4) is 0 Å². The predicted molar refractivity (Wildman–Crippen MR) is 123 cm³/mol. The van der Waals surface area contributed by atoms with Crippen LogP contribution in [0.2, 0.25) is 0 Å². The molecule has 28 heavy (non-hydrogen) atoms. The third-order valence-corrected chi connectivity index (χ3v) is 6.33. The lowest BCUT2D eigenvalue weighted by Gasteiger charge is -2.21. The molecule has 4 N–H and O–H groups in total. The molecule has 5 nitrogen and oxygen atoms in total. The van der Waals surface area contributed by atoms with Gasteiger partial charge in [0.15, 0.2) is 0 Å². The molecule has 1 aromatic carbocycles. The summed E-state index contributed by atoms with van der Waals surface area (Å²) >= 11 is 1.62. The van der Waals surface area contributed by atoms with Crippen LogP contribution in [0.4, 0.5) is 0 Å². The van der Waals surface area contributed by atoms with Crippen molar-refractivity contribution in [3.05, 3.63) is 57.6 Å². The highest BCUT2D eigenvalue weighted by Crippen LogP contribution is 2.33. The van der Waals surface area contributed by atoms with E-state index in [1.807, 2.05) is 13.3 Å². The number of nitrogens with one attached hydrogen (secondary N) is 2. The fourth-order valence-corrected chi connectivity index (χ4v) is 4.42. The number of hydrogen-bond acceptors (Lipinski definition) is 6. The summed E-state index contributed by atoms with van der Waals surface area (Å²) in [7, 11) is 3.69. The molecule has 0 radical (unpaired) electrons. The summed E-state index contributed by atoms with van der Waals surface area (Å²) in [6.07, 6.45) is 6.23. The van der Waals surface area contributed by atoms with Crippen molar-refractivity contribution < 1.29 is 0 Å². The predicted octanol–water partition coefficient (Wildman–Crippen LogP) is 1.47. The van der Waals surface area contributed by atoms with Crippen LogP contribution in [0.5, 0.6) is 0 Å². The van der Waals surface area contributed by atoms with Crippen LogP contribution in [0, 0.1) is 5.92 Å². The van der Waals surface area contributed by atoms with Gasteiger partial charge in [-0.25, -0.2) is 4.99 Å². The van der Waals surface area contributed by atoms with E-state index in [1.54, 1.807) is 18.8 Å². The van der Waals surface area contributed by atoms with Gasteiger partial charge < -0.3 is 16.4 Å². The first-order valence-electron chi connectivity index (χ1n) is 9.61. The minimum Gasteiger partial charge on any atom is -0.382 e. The second-order valence-electron chi connectivity index (χ2n) is 7.01. The molecule has 0 atom stereocenters. The second kappa shape index (κ2) is 9.37. The lowest BCUT2D eigenvalue weighted by molar-refractivity contribution is 0.418. The van der Waals surface area contributed by atoms with E-state index in [4.69, 9.17) is 10.7 Å². The van der Waals surface area contributed by atoms with Gasteiger partial charge in [0.05, 0.1) is 5.03 Å². The van der Waals surface area contributed by atoms with E-state index in [0.29, 0.717) is 12.5 Å². The number of thioether (sulfide) groups is 1. The topological polar surface area (TPSA) is 74.8 Å². The van der Waals surface area contributed by atoms with E-state index in [9.17, 15) is 0 Å². The van der Waals surface area contributed by atoms with Crippen LogP contribution in [0.3, 0.4) is 0 Å². The zero-order valence-corrected chi connectivity index (χ0v) is 17.5. The van der Waals surface area contributed by atoms with Gasteiger partial charge in [0.1, 0.15) is 5.04 Å². The molecule has 1 saturated heterocycles. The Bertz CT molecular complexity index is 952. The Morgan fingerprint density at radius 3 is 2.79 bits per heavy atom. The molecule has 6 heteroatoms. The van der Waals surface area contributed by atoms with Crippen LogP contribution < -0.4 is 26.8 Å². The van der Waals surface area contributed by atoms with Crippen LogP contribution in [-0.4, -0.2) is 38.4 Å². The minimum atomic E-state index is 0.438. The standard InChI is InChI=1S/C22H29N5S/c1-14-9-20(16-5-7-26-8-6-16)27-21(14)28-22(25-4)17-10-18(12-23)15(2)19(11-17)13-24-3/h9-11,13,16,25-26H,1-2,5-8,12,23H2,3-4H3/b22-17-,24-13?. The van der Waals surface area contributed by atoms with Crippen molar-refractivity contribution in [2.75, 3.05) is 27.2 Å². The number of rotatable bonds is 5. The zero-order valence-electron chi connectivity index (χ0n) is 16.7. The monoisotopic (exact) mass is 395 g/mol. The lowest BCUT2D eigenvalue weighted by Crippen LogP contribution is -2.28. The van der Waals surface area contributed by atoms with Crippen molar-refractivity contribution in [3.63, 3.8) is 0 Å². The Balaban J connectivity index is 1.95. The molecule has 2 heterocycles. The highest BCUT2D eigenvalue weighted by Gasteiger charge is 2.23. The van der Waals surface area contributed by atoms with E-state index in [2.05, 4.69) is 47.0 Å². The molecule has 0 aliphatic carbocycles. The summed E-state index contributed by atoms with van der Waals surface area (Å²) in [5.74, 6) is 0.524. The molecule has 0 unspecified atom stereocenters. The van der Waals surface area contributed by atoms with Gasteiger partial charge in [0.25, 0.3) is 0 Å². The fourth-order valence-electron chi connectivity index (χ4n) is 3.55. The Hall–Kier alpha value is -2.15. The normalized spacial score (nSPS) is 19.0. The largest absolute Gasteiger partial charge is 0.382 e. The van der Waals surface area contributed by atoms with Crippen molar-refractivity contribution in [1.29, 1.82) is 0 Å². The van der Waals surface area contributed by atoms with E-state index in [0.717, 1.165) is 63.1 Å². The maximum absolute atomic E-state index is 5.94. The van der Waals surface area contributed by atoms with Gasteiger partial charge in [-0.3, -0.25) is 4.99 Å². The maximum atomic E-state index is 5.94. The van der Waals surface area contributed by atoms with E-state index >= 15 is 0 Å². The average molecular weight is 396 g/mol. The summed E-state index contributed by atoms with van der Waals surface area (Å²) in [6, 6.07) is 4.18. The molecule has 0 aromatic heterocycles. The Kier molecular flexibility index (Phi) is 6.88. The van der Waals surface area contributed by atoms with Gasteiger partial charge in [-0.2, -0.15) is 0 Å². The van der Waals surface area contributed by atoms with E-state index in [-0.39, 0.29) is 0 Å². The zero-order chi connectivity index (χ0) is 20.1. The van der Waals surface area contributed by atoms with Crippen molar-refractivity contribution in [2.45, 2.75) is 19.4 Å². The van der Waals surface area contributed by atoms with Crippen molar-refractivity contribution in [2.24, 2.45) is 21.6 Å². The first kappa shape index (κ1) is 20.6. The number of benzene rings is 1. The molecular weight excluding hydrogens is 366 g/mol. The molecule has 0 amide bonds. The fraction of sp³-hybridized carbons (Fsp3) is 0.364. The van der Waals surface area contributed by atoms with Crippen LogP contribution in [0.15, 0.2) is 46.0 Å². The third kappa shape index (κ3) is 4.46. The Labute approximate surface area is 171 Å². The lowest BCUT2D eigenvalue weighted by atomic mass is 9.94. The van der Waals surface area contributed by atoms with Gasteiger partial charge >= 0.3 is 0 Å². The SMILES string of the molecule is C=C1C=C(C2CCNCC2)N=C1S/C(NC)=c1\cc(C=NC)c(=C)c(CN)c1. The number of piperidine rings is 1. The molecule has 0 bridgehead atoms. The molecule has 2 aliphatic rings. The number of aliphatic imine (C=N–C) groups is 2. The quantitative estimate of drug-likeness (QED) is 0.660. The molecule has 0 spiro atoms. The van der Waals surface area contributed by atoms with E-state index < -0.39 is 0 Å². The van der Waals surface area contributed by atoms with Gasteiger partial charge in [-0.1, -0.05) is 24.9 Å². The summed E-state index contributed by atoms with van der Waals surface area (Å²) in [5, 5.41) is 10.7. The van der Waals surface area contributed by atoms with Gasteiger partial charge in [0, 0.05) is 49.3 Å². The first-order chi connectivity index (χ1) is 13.6. The maximum Gasteiger partial charge on any atom is 0.109 e. The summed E-state index contributed by atoms with van der Waals surface area (Å²) in [5.41, 5.74) is 10.1. The second-order valence-corrected chi connectivity index (χ2v) is 8.01. The van der Waals surface area contributed by atoms with Crippen LogP contribution in [0.25, 0.3) is 11.6 Å². The smallest absolute Gasteiger partial charge is 0.109 e. The van der Waals surface area contributed by atoms with Crippen molar-refractivity contribution >= 4 is 34.6 Å². The molecule has 2 aliphatic heterocycles. The Morgan fingerprint density at radius 1 is 1.39 bits per heavy atom. The average Bonchev–Trinajstić information content (AvgIpc) is 3.09. The number of nitrogens with two attached hydrogens (primary N) is 1. The van der Waals surface area contributed by atoms with Gasteiger partial charge in [-0.05, 0) is 60.5 Å². The highest BCUT2D eigenvalue weighted by molar-refractivity contribution is 8.21. The Morgan fingerprint density at radius 2 is 2.14 bits per heavy atom. The van der Waals surface area contributed by atoms with Gasteiger partial charge in [-0.15, -0.1) is 0 Å². The van der Waals surface area contributed by atoms with E-state index in [1.165, 1.54) is 5.70 Å². The van der Waals surface area contributed by atoms with Crippen LogP contribution >= 0.6 is 11.8 Å². The summed E-state index contributed by atoms with van der Waals surface area (Å²) in [4.78, 5) is 9.07. The molecule has 1 aromatic rings. The first-order valence-corrected chi connectivity index (χ1v) is 10.4. The summed E-state index contributed by atoms with van der Waals surface area (Å²) < 4.78 is 0. The van der Waals surface area contributed by atoms with Crippen molar-refractivity contribution in [1.82, 2.24) is 10.6 Å². The van der Waals surface area contributed by atoms with Gasteiger partial charge in [0.2, 0.25) is 0 Å². The minimum absolute atomic E-state index is 0.438. The molecule has 1 fully saturated rings. The summed E-state index contributed by atoms with van der Waals surface area (Å²) in [6.45, 7) is 10.9. The number of hydrogen-bond donors (Lipinski definition) is 3. The highest BCUT2D eigenvalue weighted by atomic mass is 32.2. The van der Waals surface area contributed by atoms with Crippen LogP contribution in [-0.2, 0) is 6.54 Å². The van der Waals surface area contributed by atoms with Crippen LogP contribution in [0.1, 0.15) is 24.0 Å². The molecule has 0 saturated carbocycles. The number of allylic oxidation sites excluding steroid dienone is 2. The third-order valence-electron chi connectivity index (χ3n) is 5.14. The molecular formula is C22H29N5S. The number of nitrogens with zero attached hydrogens (tertiary/aromatic N) is 2. The molecule has 148 valence electrons.